The van der Waals surface area contributed by atoms with E-state index in [-0.39, 0.29) is 11.9 Å². The van der Waals surface area contributed by atoms with Gasteiger partial charge in [0.1, 0.15) is 11.5 Å². The number of benzene rings is 1. The molecule has 1 aliphatic rings. The fraction of sp³-hybridized carbons (Fsp3) is 0.333. The molecule has 2 N–H and O–H groups in total. The molecule has 1 saturated heterocycles. The van der Waals surface area contributed by atoms with E-state index in [0.717, 1.165) is 25.8 Å². The molecule has 0 spiro atoms. The lowest BCUT2D eigenvalue weighted by Gasteiger charge is -2.35. The summed E-state index contributed by atoms with van der Waals surface area (Å²) < 4.78 is 5.77. The molecule has 23 heavy (non-hydrogen) atoms. The van der Waals surface area contributed by atoms with Crippen LogP contribution in [0.15, 0.2) is 48.8 Å². The van der Waals surface area contributed by atoms with Crippen molar-refractivity contribution in [3.8, 4) is 11.5 Å². The van der Waals surface area contributed by atoms with Gasteiger partial charge in [0.2, 0.25) is 0 Å². The van der Waals surface area contributed by atoms with Gasteiger partial charge in [0, 0.05) is 37.1 Å². The number of piperidine rings is 1. The molecule has 120 valence electrons. The van der Waals surface area contributed by atoms with Crippen LogP contribution in [-0.2, 0) is 0 Å². The van der Waals surface area contributed by atoms with Crippen molar-refractivity contribution in [3.05, 3.63) is 54.4 Å². The van der Waals surface area contributed by atoms with Gasteiger partial charge >= 0.3 is 0 Å². The highest BCUT2D eigenvalue weighted by Crippen LogP contribution is 2.24. The van der Waals surface area contributed by atoms with Crippen molar-refractivity contribution in [1.29, 1.82) is 0 Å². The van der Waals surface area contributed by atoms with E-state index < -0.39 is 0 Å². The lowest BCUT2D eigenvalue weighted by Crippen LogP contribution is -2.47. The van der Waals surface area contributed by atoms with Crippen molar-refractivity contribution < 1.29 is 9.53 Å². The Bertz CT molecular complexity index is 660. The van der Waals surface area contributed by atoms with E-state index in [2.05, 4.69) is 4.98 Å². The molecular formula is C18H21N3O2. The van der Waals surface area contributed by atoms with Gasteiger partial charge in [0.25, 0.3) is 5.91 Å². The Morgan fingerprint density at radius 2 is 2.04 bits per heavy atom. The highest BCUT2D eigenvalue weighted by atomic mass is 16.5. The second-order valence-corrected chi connectivity index (χ2v) is 5.70. The second-order valence-electron chi connectivity index (χ2n) is 5.70. The molecule has 0 unspecified atom stereocenters. The van der Waals surface area contributed by atoms with Crippen LogP contribution in [0.5, 0.6) is 11.5 Å². The van der Waals surface area contributed by atoms with Gasteiger partial charge in [-0.3, -0.25) is 9.78 Å². The molecule has 0 saturated carbocycles. The van der Waals surface area contributed by atoms with Crippen LogP contribution < -0.4 is 10.5 Å². The third-order valence-electron chi connectivity index (χ3n) is 4.13. The van der Waals surface area contributed by atoms with Gasteiger partial charge in [-0.1, -0.05) is 6.07 Å². The maximum absolute atomic E-state index is 12.8. The first kappa shape index (κ1) is 15.5. The zero-order valence-electron chi connectivity index (χ0n) is 13.0. The van der Waals surface area contributed by atoms with Crippen molar-refractivity contribution in [1.82, 2.24) is 9.88 Å². The Kier molecular flexibility index (Phi) is 4.88. The van der Waals surface area contributed by atoms with E-state index >= 15 is 0 Å². The lowest BCUT2D eigenvalue weighted by atomic mass is 10.0. The third-order valence-corrected chi connectivity index (χ3v) is 4.13. The van der Waals surface area contributed by atoms with E-state index in [0.29, 0.717) is 23.6 Å². The number of amides is 1. The molecule has 0 radical (unpaired) electrons. The average molecular weight is 311 g/mol. The first-order chi connectivity index (χ1) is 11.3. The van der Waals surface area contributed by atoms with Crippen LogP contribution in [0, 0.1) is 0 Å². The molecule has 2 heterocycles. The smallest absolute Gasteiger partial charge is 0.254 e. The van der Waals surface area contributed by atoms with Crippen LogP contribution >= 0.6 is 0 Å². The molecular weight excluding hydrogens is 290 g/mol. The monoisotopic (exact) mass is 311 g/mol. The largest absolute Gasteiger partial charge is 0.457 e. The van der Waals surface area contributed by atoms with Gasteiger partial charge in [-0.15, -0.1) is 0 Å². The molecule has 1 aromatic carbocycles. The van der Waals surface area contributed by atoms with Crippen molar-refractivity contribution >= 4 is 5.91 Å². The molecule has 1 aromatic heterocycles. The van der Waals surface area contributed by atoms with Crippen molar-refractivity contribution in [3.63, 3.8) is 0 Å². The number of hydrogen-bond acceptors (Lipinski definition) is 4. The summed E-state index contributed by atoms with van der Waals surface area (Å²) in [5.74, 6) is 1.37. The van der Waals surface area contributed by atoms with Crippen molar-refractivity contribution in [2.45, 2.75) is 25.3 Å². The number of nitrogens with zero attached hydrogens (tertiary/aromatic N) is 2. The van der Waals surface area contributed by atoms with E-state index in [1.165, 1.54) is 0 Å². The summed E-state index contributed by atoms with van der Waals surface area (Å²) >= 11 is 0. The maximum Gasteiger partial charge on any atom is 0.254 e. The Morgan fingerprint density at radius 3 is 2.83 bits per heavy atom. The molecule has 1 atom stereocenters. The summed E-state index contributed by atoms with van der Waals surface area (Å²) in [4.78, 5) is 18.6. The molecule has 3 rings (SSSR count). The Balaban J connectivity index is 1.77. The summed E-state index contributed by atoms with van der Waals surface area (Å²) in [6.45, 7) is 1.29. The minimum absolute atomic E-state index is 0.0281. The normalized spacial score (nSPS) is 17.8. The molecule has 5 heteroatoms. The molecule has 5 nitrogen and oxygen atoms in total. The molecule has 1 fully saturated rings. The minimum Gasteiger partial charge on any atom is -0.457 e. The quantitative estimate of drug-likeness (QED) is 0.942. The number of rotatable bonds is 4. The topological polar surface area (TPSA) is 68.5 Å². The predicted octanol–water partition coefficient (Wildman–Crippen LogP) is 2.83. The molecule has 0 aliphatic carbocycles. The number of hydrogen-bond donors (Lipinski definition) is 1. The number of aromatic nitrogens is 1. The van der Waals surface area contributed by atoms with E-state index in [9.17, 15) is 4.79 Å². The Morgan fingerprint density at radius 1 is 1.22 bits per heavy atom. The summed E-state index contributed by atoms with van der Waals surface area (Å²) in [6, 6.07) is 11.0. The highest BCUT2D eigenvalue weighted by molar-refractivity contribution is 5.95. The standard InChI is InChI=1S/C18H21N3O2/c19-13-15-5-1-2-11-21(15)18(22)14-4-3-6-17(12-14)23-16-7-9-20-10-8-16/h3-4,6-10,12,15H,1-2,5,11,13,19H2/t15-/m0/s1. The van der Waals surface area contributed by atoms with Gasteiger partial charge in [-0.2, -0.15) is 0 Å². The van der Waals surface area contributed by atoms with Crippen molar-refractivity contribution in [2.75, 3.05) is 13.1 Å². The lowest BCUT2D eigenvalue weighted by molar-refractivity contribution is 0.0623. The summed E-state index contributed by atoms with van der Waals surface area (Å²) in [5.41, 5.74) is 6.45. The fourth-order valence-corrected chi connectivity index (χ4v) is 2.91. The number of nitrogens with two attached hydrogens (primary N) is 1. The SMILES string of the molecule is NC[C@@H]1CCCCN1C(=O)c1cccc(Oc2ccncc2)c1. The van der Waals surface area contributed by atoms with Crippen LogP contribution in [0.3, 0.4) is 0 Å². The summed E-state index contributed by atoms with van der Waals surface area (Å²) in [7, 11) is 0. The molecule has 1 amide bonds. The molecule has 1 aliphatic heterocycles. The average Bonchev–Trinajstić information content (AvgIpc) is 2.62. The minimum atomic E-state index is 0.0281. The number of carbonyl (C=O) groups excluding carboxylic acids is 1. The number of ether oxygens (including phenoxy) is 1. The van der Waals surface area contributed by atoms with Crippen LogP contribution in [0.4, 0.5) is 0 Å². The van der Waals surface area contributed by atoms with E-state index in [1.54, 1.807) is 30.6 Å². The zero-order chi connectivity index (χ0) is 16.1. The first-order valence-corrected chi connectivity index (χ1v) is 7.97. The number of pyridine rings is 1. The Labute approximate surface area is 136 Å². The van der Waals surface area contributed by atoms with Gasteiger partial charge in [-0.25, -0.2) is 0 Å². The van der Waals surface area contributed by atoms with Gasteiger partial charge < -0.3 is 15.4 Å². The van der Waals surface area contributed by atoms with Crippen LogP contribution in [0.1, 0.15) is 29.6 Å². The van der Waals surface area contributed by atoms with E-state index in [4.69, 9.17) is 10.5 Å². The van der Waals surface area contributed by atoms with Crippen LogP contribution in [-0.4, -0.2) is 34.9 Å². The van der Waals surface area contributed by atoms with Gasteiger partial charge in [0.05, 0.1) is 0 Å². The van der Waals surface area contributed by atoms with Gasteiger partial charge in [0.15, 0.2) is 0 Å². The fourth-order valence-electron chi connectivity index (χ4n) is 2.91. The van der Waals surface area contributed by atoms with Gasteiger partial charge in [-0.05, 0) is 49.6 Å². The second kappa shape index (κ2) is 7.24. The zero-order valence-corrected chi connectivity index (χ0v) is 13.0. The first-order valence-electron chi connectivity index (χ1n) is 7.97. The molecule has 2 aromatic rings. The number of likely N-dealkylation sites (tertiary alicyclic amines) is 1. The molecule has 0 bridgehead atoms. The number of carbonyl (C=O) groups is 1. The van der Waals surface area contributed by atoms with E-state index in [1.807, 2.05) is 23.1 Å². The highest BCUT2D eigenvalue weighted by Gasteiger charge is 2.26. The summed E-state index contributed by atoms with van der Waals surface area (Å²) in [5, 5.41) is 0. The van der Waals surface area contributed by atoms with Crippen molar-refractivity contribution in [2.24, 2.45) is 5.73 Å². The predicted molar refractivity (Wildman–Crippen MR) is 88.5 cm³/mol. The maximum atomic E-state index is 12.8. The summed E-state index contributed by atoms with van der Waals surface area (Å²) in [6.07, 6.45) is 6.50. The Hall–Kier alpha value is -2.40. The van der Waals surface area contributed by atoms with Crippen LogP contribution in [0.25, 0.3) is 0 Å². The van der Waals surface area contributed by atoms with Crippen LogP contribution in [0.2, 0.25) is 0 Å². The third kappa shape index (κ3) is 3.68.